The molecule has 7 nitrogen and oxygen atoms in total. The molecule has 4 N–H and O–H groups in total. The van der Waals surface area contributed by atoms with E-state index in [9.17, 15) is 9.59 Å². The number of hydrogen-bond donors (Lipinski definition) is 3. The molecule has 0 spiro atoms. The Morgan fingerprint density at radius 2 is 1.79 bits per heavy atom. The molecule has 1 aliphatic heterocycles. The number of carbonyl (C=O) groups is 2. The zero-order chi connectivity index (χ0) is 27.8. The summed E-state index contributed by atoms with van der Waals surface area (Å²) in [6.45, 7) is 5.70. The first-order valence-corrected chi connectivity index (χ1v) is 13.6. The van der Waals surface area contributed by atoms with Gasteiger partial charge in [0.2, 0.25) is 11.8 Å². The highest BCUT2D eigenvalue weighted by atomic mass is 35.5. The van der Waals surface area contributed by atoms with Crippen molar-refractivity contribution in [2.75, 3.05) is 49.6 Å². The van der Waals surface area contributed by atoms with E-state index in [1.54, 1.807) is 42.5 Å². The number of nitrogen functional groups attached to an aromatic ring is 1. The van der Waals surface area contributed by atoms with Crippen LogP contribution in [0.3, 0.4) is 0 Å². The van der Waals surface area contributed by atoms with Gasteiger partial charge in [0, 0.05) is 35.9 Å². The molecule has 1 aliphatic rings. The second-order valence-corrected chi connectivity index (χ2v) is 10.3. The average Bonchev–Trinajstić information content (AvgIpc) is 3.42. The van der Waals surface area contributed by atoms with Crippen molar-refractivity contribution in [1.29, 1.82) is 0 Å². The number of nitrogens with zero attached hydrogens (tertiary/aromatic N) is 2. The third-order valence-corrected chi connectivity index (χ3v) is 7.48. The number of para-hydroxylation sites is 2. The maximum Gasteiger partial charge on any atom is 0.248 e. The third-order valence-electron chi connectivity index (χ3n) is 7.22. The molecule has 1 heterocycles. The van der Waals surface area contributed by atoms with Gasteiger partial charge in [-0.15, -0.1) is 0 Å². The summed E-state index contributed by atoms with van der Waals surface area (Å²) in [5.74, 6) is -0.681. The van der Waals surface area contributed by atoms with E-state index in [1.165, 1.54) is 6.08 Å². The largest absolute Gasteiger partial charge is 0.397 e. The van der Waals surface area contributed by atoms with Gasteiger partial charge in [-0.25, -0.2) is 0 Å². The van der Waals surface area contributed by atoms with Crippen molar-refractivity contribution < 1.29 is 9.59 Å². The van der Waals surface area contributed by atoms with Crippen molar-refractivity contribution >= 4 is 46.6 Å². The molecule has 1 fully saturated rings. The summed E-state index contributed by atoms with van der Waals surface area (Å²) in [4.78, 5) is 30.6. The average molecular weight is 546 g/mol. The maximum atomic E-state index is 13.5. The Balaban J connectivity index is 1.46. The standard InChI is InChI=1S/C31H36ClN5O2/c1-3-36(2)26-18-19-37(20-26)21-27(31(39)34-25-15-13-24(32)14-16-25)23-11-8-22(9-12-23)10-17-30(38)35-29-7-5-4-6-28(29)33/h4-17,26-27H,3,18-21,33H2,1-2H3,(H,34,39)(H,35,38)/b17-10+. The summed E-state index contributed by atoms with van der Waals surface area (Å²) < 4.78 is 0. The van der Waals surface area contributed by atoms with E-state index < -0.39 is 0 Å². The number of nitrogens with two attached hydrogens (primary N) is 1. The highest BCUT2D eigenvalue weighted by molar-refractivity contribution is 6.30. The molecule has 0 bridgehead atoms. The van der Waals surface area contributed by atoms with E-state index in [0.29, 0.717) is 34.7 Å². The smallest absolute Gasteiger partial charge is 0.248 e. The van der Waals surface area contributed by atoms with E-state index >= 15 is 0 Å². The van der Waals surface area contributed by atoms with Gasteiger partial charge in [-0.3, -0.25) is 9.59 Å². The molecule has 3 aromatic rings. The molecule has 3 aromatic carbocycles. The number of carbonyl (C=O) groups excluding carboxylic acids is 2. The summed E-state index contributed by atoms with van der Waals surface area (Å²) in [6.07, 6.45) is 4.31. The predicted molar refractivity (Wildman–Crippen MR) is 161 cm³/mol. The summed E-state index contributed by atoms with van der Waals surface area (Å²) in [5.41, 5.74) is 9.49. The zero-order valence-corrected chi connectivity index (χ0v) is 23.2. The zero-order valence-electron chi connectivity index (χ0n) is 22.4. The molecule has 0 aromatic heterocycles. The van der Waals surface area contributed by atoms with Crippen molar-refractivity contribution in [2.24, 2.45) is 0 Å². The normalized spacial score (nSPS) is 16.5. The van der Waals surface area contributed by atoms with Gasteiger partial charge in [-0.2, -0.15) is 0 Å². The number of hydrogen-bond acceptors (Lipinski definition) is 5. The van der Waals surface area contributed by atoms with Crippen LogP contribution in [0.25, 0.3) is 6.08 Å². The van der Waals surface area contributed by atoms with Crippen molar-refractivity contribution in [1.82, 2.24) is 9.80 Å². The molecular formula is C31H36ClN5O2. The van der Waals surface area contributed by atoms with E-state index in [-0.39, 0.29) is 17.7 Å². The van der Waals surface area contributed by atoms with Crippen molar-refractivity contribution in [3.8, 4) is 0 Å². The first-order valence-electron chi connectivity index (χ1n) is 13.2. The molecule has 2 unspecified atom stereocenters. The van der Waals surface area contributed by atoms with Gasteiger partial charge in [-0.05, 0) is 80.2 Å². The Bertz CT molecular complexity index is 1290. The Hall–Kier alpha value is -3.65. The molecule has 2 atom stereocenters. The molecule has 0 radical (unpaired) electrons. The van der Waals surface area contributed by atoms with Gasteiger partial charge >= 0.3 is 0 Å². The van der Waals surface area contributed by atoms with E-state index in [2.05, 4.69) is 34.4 Å². The number of halogens is 1. The lowest BCUT2D eigenvalue weighted by Gasteiger charge is -2.26. The topological polar surface area (TPSA) is 90.7 Å². The van der Waals surface area contributed by atoms with Crippen LogP contribution in [-0.4, -0.2) is 60.9 Å². The molecule has 0 saturated carbocycles. The minimum Gasteiger partial charge on any atom is -0.397 e. The Kier molecular flexibility index (Phi) is 9.76. The minimum atomic E-state index is -0.353. The number of likely N-dealkylation sites (N-methyl/N-ethyl adjacent to an activating group) is 1. The van der Waals surface area contributed by atoms with Gasteiger partial charge in [0.1, 0.15) is 0 Å². The van der Waals surface area contributed by atoms with Crippen LogP contribution in [-0.2, 0) is 9.59 Å². The van der Waals surface area contributed by atoms with Crippen LogP contribution in [0.5, 0.6) is 0 Å². The first-order chi connectivity index (χ1) is 18.8. The van der Waals surface area contributed by atoms with Crippen molar-refractivity contribution in [3.63, 3.8) is 0 Å². The fraction of sp³-hybridized carbons (Fsp3) is 0.290. The van der Waals surface area contributed by atoms with Crippen LogP contribution < -0.4 is 16.4 Å². The fourth-order valence-corrected chi connectivity index (χ4v) is 4.88. The van der Waals surface area contributed by atoms with Crippen molar-refractivity contribution in [3.05, 3.63) is 95.0 Å². The maximum absolute atomic E-state index is 13.5. The fourth-order valence-electron chi connectivity index (χ4n) is 4.75. The molecule has 39 heavy (non-hydrogen) atoms. The molecule has 8 heteroatoms. The molecule has 0 aliphatic carbocycles. The minimum absolute atomic E-state index is 0.0623. The lowest BCUT2D eigenvalue weighted by Crippen LogP contribution is -2.37. The SMILES string of the molecule is CCN(C)C1CCN(CC(C(=O)Nc2ccc(Cl)cc2)c2ccc(/C=C/C(=O)Nc3ccccc3N)cc2)C1. The lowest BCUT2D eigenvalue weighted by atomic mass is 9.96. The summed E-state index contributed by atoms with van der Waals surface area (Å²) in [6, 6.07) is 22.6. The van der Waals surface area contributed by atoms with E-state index in [0.717, 1.165) is 37.2 Å². The lowest BCUT2D eigenvalue weighted by molar-refractivity contribution is -0.118. The number of likely N-dealkylation sites (tertiary alicyclic amines) is 1. The van der Waals surface area contributed by atoms with Crippen LogP contribution in [0.4, 0.5) is 17.1 Å². The quantitative estimate of drug-likeness (QED) is 0.237. The predicted octanol–water partition coefficient (Wildman–Crippen LogP) is 5.32. The highest BCUT2D eigenvalue weighted by Gasteiger charge is 2.30. The number of nitrogens with one attached hydrogen (secondary N) is 2. The van der Waals surface area contributed by atoms with Crippen LogP contribution in [0, 0.1) is 0 Å². The summed E-state index contributed by atoms with van der Waals surface area (Å²) >= 11 is 6.02. The van der Waals surface area contributed by atoms with Gasteiger partial charge in [0.15, 0.2) is 0 Å². The molecule has 204 valence electrons. The third kappa shape index (κ3) is 7.93. The van der Waals surface area contributed by atoms with Crippen LogP contribution >= 0.6 is 11.6 Å². The van der Waals surface area contributed by atoms with E-state index in [4.69, 9.17) is 17.3 Å². The Morgan fingerprint density at radius 1 is 1.08 bits per heavy atom. The second-order valence-electron chi connectivity index (χ2n) is 9.90. The van der Waals surface area contributed by atoms with Gasteiger partial charge < -0.3 is 26.2 Å². The van der Waals surface area contributed by atoms with Crippen LogP contribution in [0.15, 0.2) is 78.9 Å². The molecule has 4 rings (SSSR count). The number of anilines is 3. The Morgan fingerprint density at radius 3 is 2.49 bits per heavy atom. The van der Waals surface area contributed by atoms with Crippen LogP contribution in [0.2, 0.25) is 5.02 Å². The summed E-state index contributed by atoms with van der Waals surface area (Å²) in [7, 11) is 2.15. The summed E-state index contributed by atoms with van der Waals surface area (Å²) in [5, 5.41) is 6.47. The molecule has 1 saturated heterocycles. The molecule has 2 amide bonds. The monoisotopic (exact) mass is 545 g/mol. The Labute approximate surface area is 235 Å². The van der Waals surface area contributed by atoms with Crippen molar-refractivity contribution in [2.45, 2.75) is 25.3 Å². The van der Waals surface area contributed by atoms with E-state index in [1.807, 2.05) is 36.4 Å². The van der Waals surface area contributed by atoms with Gasteiger partial charge in [-0.1, -0.05) is 54.9 Å². The first kappa shape index (κ1) is 28.4. The molecular weight excluding hydrogens is 510 g/mol. The number of benzene rings is 3. The number of amides is 2. The second kappa shape index (κ2) is 13.4. The highest BCUT2D eigenvalue weighted by Crippen LogP contribution is 2.25. The number of rotatable bonds is 10. The van der Waals surface area contributed by atoms with Gasteiger partial charge in [0.25, 0.3) is 0 Å². The van der Waals surface area contributed by atoms with Crippen LogP contribution in [0.1, 0.15) is 30.4 Å². The van der Waals surface area contributed by atoms with Gasteiger partial charge in [0.05, 0.1) is 17.3 Å².